The first kappa shape index (κ1) is 10.1. The molecule has 0 unspecified atom stereocenters. The molecule has 1 aromatic carbocycles. The number of phenols is 1. The Bertz CT molecular complexity index is 445. The summed E-state index contributed by atoms with van der Waals surface area (Å²) in [6, 6.07) is 7.21. The Hall–Kier alpha value is -1.48. The topological polar surface area (TPSA) is 42.6 Å². The average molecular weight is 206 g/mol. The number of para-hydroxylation sites is 1. The standard InChI is InChI=1S/C12H14O3/c1-2-6-14-8-10-7-9-4-3-5-11(13)12(9)15-10/h3-5,7,13H,2,6,8H2,1H3. The molecule has 0 fully saturated rings. The van der Waals surface area contributed by atoms with E-state index >= 15 is 0 Å². The molecule has 0 amide bonds. The molecule has 2 aromatic rings. The summed E-state index contributed by atoms with van der Waals surface area (Å²) in [6.07, 6.45) is 0.992. The molecule has 0 aliphatic rings. The van der Waals surface area contributed by atoms with Crippen LogP contribution in [-0.2, 0) is 11.3 Å². The van der Waals surface area contributed by atoms with Gasteiger partial charge in [-0.2, -0.15) is 0 Å². The van der Waals surface area contributed by atoms with E-state index in [0.717, 1.165) is 24.2 Å². The van der Waals surface area contributed by atoms with Crippen LogP contribution in [0.25, 0.3) is 11.0 Å². The van der Waals surface area contributed by atoms with Crippen LogP contribution < -0.4 is 0 Å². The quantitative estimate of drug-likeness (QED) is 0.782. The zero-order valence-electron chi connectivity index (χ0n) is 8.69. The highest BCUT2D eigenvalue weighted by Gasteiger charge is 2.06. The van der Waals surface area contributed by atoms with Crippen molar-refractivity contribution in [3.05, 3.63) is 30.0 Å². The number of hydrogen-bond acceptors (Lipinski definition) is 3. The Morgan fingerprint density at radius 2 is 2.27 bits per heavy atom. The maximum Gasteiger partial charge on any atom is 0.175 e. The third-order valence-corrected chi connectivity index (χ3v) is 2.17. The van der Waals surface area contributed by atoms with Crippen molar-refractivity contribution >= 4 is 11.0 Å². The van der Waals surface area contributed by atoms with E-state index in [0.29, 0.717) is 12.2 Å². The van der Waals surface area contributed by atoms with Crippen molar-refractivity contribution < 1.29 is 14.3 Å². The molecule has 80 valence electrons. The van der Waals surface area contributed by atoms with Gasteiger partial charge in [0.15, 0.2) is 11.3 Å². The molecule has 0 saturated heterocycles. The number of fused-ring (bicyclic) bond motifs is 1. The van der Waals surface area contributed by atoms with E-state index in [4.69, 9.17) is 9.15 Å². The fourth-order valence-electron chi connectivity index (χ4n) is 1.49. The number of benzene rings is 1. The first-order valence-electron chi connectivity index (χ1n) is 5.09. The highest BCUT2D eigenvalue weighted by atomic mass is 16.5. The van der Waals surface area contributed by atoms with Gasteiger partial charge in [-0.25, -0.2) is 0 Å². The number of rotatable bonds is 4. The second kappa shape index (κ2) is 4.36. The minimum absolute atomic E-state index is 0.175. The maximum absolute atomic E-state index is 9.52. The fourth-order valence-corrected chi connectivity index (χ4v) is 1.49. The maximum atomic E-state index is 9.52. The molecule has 0 atom stereocenters. The van der Waals surface area contributed by atoms with Crippen LogP contribution in [0, 0.1) is 0 Å². The van der Waals surface area contributed by atoms with Gasteiger partial charge in [0.05, 0.1) is 0 Å². The van der Waals surface area contributed by atoms with Crippen LogP contribution in [0.5, 0.6) is 5.75 Å². The van der Waals surface area contributed by atoms with Gasteiger partial charge in [0.2, 0.25) is 0 Å². The van der Waals surface area contributed by atoms with Gasteiger partial charge < -0.3 is 14.3 Å². The van der Waals surface area contributed by atoms with E-state index in [1.165, 1.54) is 0 Å². The first-order valence-corrected chi connectivity index (χ1v) is 5.09. The first-order chi connectivity index (χ1) is 7.31. The Labute approximate surface area is 88.3 Å². The van der Waals surface area contributed by atoms with Crippen molar-refractivity contribution in [2.75, 3.05) is 6.61 Å². The van der Waals surface area contributed by atoms with Crippen LogP contribution in [0.2, 0.25) is 0 Å². The summed E-state index contributed by atoms with van der Waals surface area (Å²) in [7, 11) is 0. The molecule has 0 spiro atoms. The summed E-state index contributed by atoms with van der Waals surface area (Å²) >= 11 is 0. The average Bonchev–Trinajstić information content (AvgIpc) is 2.63. The largest absolute Gasteiger partial charge is 0.504 e. The van der Waals surface area contributed by atoms with E-state index < -0.39 is 0 Å². The summed E-state index contributed by atoms with van der Waals surface area (Å²) in [6.45, 7) is 3.25. The van der Waals surface area contributed by atoms with Crippen molar-refractivity contribution in [1.29, 1.82) is 0 Å². The molecule has 15 heavy (non-hydrogen) atoms. The summed E-state index contributed by atoms with van der Waals surface area (Å²) in [5, 5.41) is 10.4. The normalized spacial score (nSPS) is 11.0. The zero-order valence-corrected chi connectivity index (χ0v) is 8.69. The molecule has 3 heteroatoms. The molecule has 0 saturated carbocycles. The molecule has 0 radical (unpaired) electrons. The van der Waals surface area contributed by atoms with Gasteiger partial charge in [-0.3, -0.25) is 0 Å². The summed E-state index contributed by atoms with van der Waals surface area (Å²) in [4.78, 5) is 0. The van der Waals surface area contributed by atoms with E-state index in [1.807, 2.05) is 12.1 Å². The Balaban J connectivity index is 2.20. The molecule has 1 aromatic heterocycles. The van der Waals surface area contributed by atoms with Crippen molar-refractivity contribution in [1.82, 2.24) is 0 Å². The van der Waals surface area contributed by atoms with E-state index in [9.17, 15) is 5.11 Å². The lowest BCUT2D eigenvalue weighted by Crippen LogP contribution is -1.91. The van der Waals surface area contributed by atoms with Gasteiger partial charge in [0.25, 0.3) is 0 Å². The molecule has 1 N–H and O–H groups in total. The van der Waals surface area contributed by atoms with Crippen LogP contribution in [-0.4, -0.2) is 11.7 Å². The van der Waals surface area contributed by atoms with Gasteiger partial charge in [-0.15, -0.1) is 0 Å². The van der Waals surface area contributed by atoms with E-state index in [1.54, 1.807) is 12.1 Å². The predicted molar refractivity (Wildman–Crippen MR) is 57.8 cm³/mol. The SMILES string of the molecule is CCCOCc1cc2cccc(O)c2o1. The van der Waals surface area contributed by atoms with Crippen molar-refractivity contribution in [2.45, 2.75) is 20.0 Å². The summed E-state index contributed by atoms with van der Waals surface area (Å²) < 4.78 is 10.8. The van der Waals surface area contributed by atoms with E-state index in [2.05, 4.69) is 6.92 Å². The van der Waals surface area contributed by atoms with Crippen molar-refractivity contribution in [2.24, 2.45) is 0 Å². The Kier molecular flexibility index (Phi) is 2.92. The predicted octanol–water partition coefficient (Wildman–Crippen LogP) is 3.07. The molecule has 2 rings (SSSR count). The second-order valence-electron chi connectivity index (χ2n) is 3.46. The fraction of sp³-hybridized carbons (Fsp3) is 0.333. The molecule has 1 heterocycles. The molecule has 0 aliphatic carbocycles. The van der Waals surface area contributed by atoms with Gasteiger partial charge in [0.1, 0.15) is 12.4 Å². The highest BCUT2D eigenvalue weighted by Crippen LogP contribution is 2.27. The summed E-state index contributed by atoms with van der Waals surface area (Å²) in [5.74, 6) is 0.925. The zero-order chi connectivity index (χ0) is 10.7. The molecule has 3 nitrogen and oxygen atoms in total. The van der Waals surface area contributed by atoms with Gasteiger partial charge in [-0.1, -0.05) is 19.1 Å². The summed E-state index contributed by atoms with van der Waals surface area (Å²) in [5.41, 5.74) is 0.535. The lowest BCUT2D eigenvalue weighted by Gasteiger charge is -1.97. The third kappa shape index (κ3) is 2.13. The van der Waals surface area contributed by atoms with Gasteiger partial charge in [0, 0.05) is 12.0 Å². The number of aromatic hydroxyl groups is 1. The lowest BCUT2D eigenvalue weighted by molar-refractivity contribution is 0.108. The second-order valence-corrected chi connectivity index (χ2v) is 3.46. The van der Waals surface area contributed by atoms with Crippen LogP contribution in [0.15, 0.2) is 28.7 Å². The van der Waals surface area contributed by atoms with Crippen LogP contribution in [0.3, 0.4) is 0 Å². The molecular weight excluding hydrogens is 192 g/mol. The van der Waals surface area contributed by atoms with Crippen LogP contribution in [0.1, 0.15) is 19.1 Å². The molecule has 0 bridgehead atoms. The van der Waals surface area contributed by atoms with Gasteiger partial charge in [-0.05, 0) is 18.6 Å². The number of phenolic OH excluding ortho intramolecular Hbond substituents is 1. The number of furan rings is 1. The lowest BCUT2D eigenvalue weighted by atomic mass is 10.2. The Morgan fingerprint density at radius 1 is 1.40 bits per heavy atom. The number of hydrogen-bond donors (Lipinski definition) is 1. The minimum atomic E-state index is 0.175. The molecular formula is C12H14O3. The number of ether oxygens (including phenoxy) is 1. The highest BCUT2D eigenvalue weighted by molar-refractivity contribution is 5.83. The smallest absolute Gasteiger partial charge is 0.175 e. The van der Waals surface area contributed by atoms with E-state index in [-0.39, 0.29) is 5.75 Å². The van der Waals surface area contributed by atoms with Crippen molar-refractivity contribution in [3.8, 4) is 5.75 Å². The Morgan fingerprint density at radius 3 is 3.00 bits per heavy atom. The monoisotopic (exact) mass is 206 g/mol. The van der Waals surface area contributed by atoms with Crippen LogP contribution >= 0.6 is 0 Å². The van der Waals surface area contributed by atoms with Gasteiger partial charge >= 0.3 is 0 Å². The minimum Gasteiger partial charge on any atom is -0.504 e. The third-order valence-electron chi connectivity index (χ3n) is 2.17. The van der Waals surface area contributed by atoms with Crippen LogP contribution in [0.4, 0.5) is 0 Å². The molecule has 0 aliphatic heterocycles. The van der Waals surface area contributed by atoms with Crippen molar-refractivity contribution in [3.63, 3.8) is 0 Å².